The predicted octanol–water partition coefficient (Wildman–Crippen LogP) is 4.30. The van der Waals surface area contributed by atoms with Crippen molar-refractivity contribution in [2.75, 3.05) is 12.4 Å². The van der Waals surface area contributed by atoms with Crippen LogP contribution < -0.4 is 0 Å². The van der Waals surface area contributed by atoms with Crippen LogP contribution in [0.5, 0.6) is 0 Å². The average Bonchev–Trinajstić information content (AvgIpc) is 3.21. The molecule has 1 atom stereocenters. The van der Waals surface area contributed by atoms with Crippen LogP contribution in [0.4, 0.5) is 0 Å². The van der Waals surface area contributed by atoms with E-state index >= 15 is 0 Å². The summed E-state index contributed by atoms with van der Waals surface area (Å²) in [6.45, 7) is 0.903. The highest BCUT2D eigenvalue weighted by atomic mass is 32.2. The Bertz CT molecular complexity index is 763. The minimum absolute atomic E-state index is 0.369. The third-order valence-electron chi connectivity index (χ3n) is 3.97. The molecule has 0 saturated carbocycles. The van der Waals surface area contributed by atoms with E-state index in [1.54, 1.807) is 11.8 Å². The molecule has 1 aliphatic rings. The molecule has 0 bridgehead atoms. The Balaban J connectivity index is 1.73. The van der Waals surface area contributed by atoms with Crippen molar-refractivity contribution in [2.24, 2.45) is 0 Å². The molecule has 0 aliphatic carbocycles. The molecular formula is C18H18N2OS. The van der Waals surface area contributed by atoms with Crippen molar-refractivity contribution in [3.8, 4) is 5.69 Å². The Morgan fingerprint density at radius 1 is 1.09 bits per heavy atom. The number of para-hydroxylation sites is 3. The molecule has 1 unspecified atom stereocenters. The molecule has 112 valence electrons. The lowest BCUT2D eigenvalue weighted by molar-refractivity contribution is 0.129. The topological polar surface area (TPSA) is 27.1 Å². The van der Waals surface area contributed by atoms with Crippen molar-refractivity contribution in [1.82, 2.24) is 9.55 Å². The number of nitrogens with zero attached hydrogens (tertiary/aromatic N) is 2. The molecule has 22 heavy (non-hydrogen) atoms. The summed E-state index contributed by atoms with van der Waals surface area (Å²) in [4.78, 5) is 4.82. The molecule has 0 N–H and O–H groups in total. The van der Waals surface area contributed by atoms with Gasteiger partial charge in [-0.3, -0.25) is 4.57 Å². The molecule has 0 spiro atoms. The van der Waals surface area contributed by atoms with Gasteiger partial charge in [-0.15, -0.1) is 0 Å². The standard InChI is InChI=1S/C18H18N2OS/c1-2-7-14(8-3-1)20-17-11-5-4-10-16(17)19-18(20)22-13-15-9-6-12-21-15/h1-5,7-8,10-11,15H,6,9,12-13H2. The number of hydrogen-bond acceptors (Lipinski definition) is 3. The number of aromatic nitrogens is 2. The van der Waals surface area contributed by atoms with Crippen molar-refractivity contribution in [2.45, 2.75) is 24.1 Å². The zero-order chi connectivity index (χ0) is 14.8. The number of thioether (sulfide) groups is 1. The van der Waals surface area contributed by atoms with Crippen molar-refractivity contribution in [1.29, 1.82) is 0 Å². The summed E-state index contributed by atoms with van der Waals surface area (Å²) in [6.07, 6.45) is 2.72. The Kier molecular flexibility index (Phi) is 3.87. The van der Waals surface area contributed by atoms with Crippen LogP contribution in [0.1, 0.15) is 12.8 Å². The molecule has 2 heterocycles. The van der Waals surface area contributed by atoms with E-state index in [1.165, 1.54) is 12.8 Å². The first-order valence-corrected chi connectivity index (χ1v) is 8.68. The van der Waals surface area contributed by atoms with Gasteiger partial charge in [0.2, 0.25) is 0 Å². The molecule has 4 rings (SSSR count). The molecule has 0 radical (unpaired) electrons. The lowest BCUT2D eigenvalue weighted by Crippen LogP contribution is -2.08. The third kappa shape index (κ3) is 2.64. The van der Waals surface area contributed by atoms with E-state index in [0.717, 1.165) is 34.2 Å². The summed E-state index contributed by atoms with van der Waals surface area (Å²) in [5, 5.41) is 1.04. The number of imidazole rings is 1. The minimum atomic E-state index is 0.369. The Morgan fingerprint density at radius 3 is 2.73 bits per heavy atom. The average molecular weight is 310 g/mol. The lowest BCUT2D eigenvalue weighted by Gasteiger charge is -2.11. The molecule has 1 saturated heterocycles. The monoisotopic (exact) mass is 310 g/mol. The first-order chi connectivity index (χ1) is 10.9. The van der Waals surface area contributed by atoms with Crippen LogP contribution in [0.15, 0.2) is 59.8 Å². The summed E-state index contributed by atoms with van der Waals surface area (Å²) < 4.78 is 7.98. The van der Waals surface area contributed by atoms with E-state index in [0.29, 0.717) is 6.10 Å². The van der Waals surface area contributed by atoms with E-state index < -0.39 is 0 Å². The second kappa shape index (κ2) is 6.15. The highest BCUT2D eigenvalue weighted by Crippen LogP contribution is 2.29. The van der Waals surface area contributed by atoms with Crippen molar-refractivity contribution in [3.63, 3.8) is 0 Å². The van der Waals surface area contributed by atoms with Crippen molar-refractivity contribution >= 4 is 22.8 Å². The Labute approximate surface area is 134 Å². The van der Waals surface area contributed by atoms with Crippen LogP contribution in [-0.2, 0) is 4.74 Å². The molecule has 2 aromatic carbocycles. The van der Waals surface area contributed by atoms with Gasteiger partial charge >= 0.3 is 0 Å². The number of hydrogen-bond donors (Lipinski definition) is 0. The molecule has 3 aromatic rings. The van der Waals surface area contributed by atoms with E-state index in [9.17, 15) is 0 Å². The first kappa shape index (κ1) is 13.9. The summed E-state index contributed by atoms with van der Waals surface area (Å²) in [5.41, 5.74) is 3.36. The molecule has 4 heteroatoms. The maximum absolute atomic E-state index is 5.74. The fourth-order valence-electron chi connectivity index (χ4n) is 2.87. The van der Waals surface area contributed by atoms with Gasteiger partial charge in [-0.05, 0) is 37.1 Å². The fraction of sp³-hybridized carbons (Fsp3) is 0.278. The van der Waals surface area contributed by atoms with Crippen LogP contribution >= 0.6 is 11.8 Å². The van der Waals surface area contributed by atoms with E-state index in [2.05, 4.69) is 47.0 Å². The minimum Gasteiger partial charge on any atom is -0.377 e. The molecule has 1 aliphatic heterocycles. The number of fused-ring (bicyclic) bond motifs is 1. The van der Waals surface area contributed by atoms with Crippen LogP contribution in [0, 0.1) is 0 Å². The zero-order valence-corrected chi connectivity index (χ0v) is 13.1. The van der Waals surface area contributed by atoms with Gasteiger partial charge in [-0.25, -0.2) is 4.98 Å². The molecular weight excluding hydrogens is 292 g/mol. The quantitative estimate of drug-likeness (QED) is 0.672. The normalized spacial score (nSPS) is 18.1. The van der Waals surface area contributed by atoms with E-state index in [1.807, 2.05) is 12.1 Å². The summed E-state index contributed by atoms with van der Waals surface area (Å²) in [7, 11) is 0. The number of rotatable bonds is 4. The van der Waals surface area contributed by atoms with Gasteiger partial charge in [0.15, 0.2) is 5.16 Å². The summed E-state index contributed by atoms with van der Waals surface area (Å²) >= 11 is 1.79. The van der Waals surface area contributed by atoms with E-state index in [4.69, 9.17) is 9.72 Å². The van der Waals surface area contributed by atoms with Gasteiger partial charge in [-0.1, -0.05) is 42.1 Å². The highest BCUT2D eigenvalue weighted by molar-refractivity contribution is 7.99. The SMILES string of the molecule is c1ccc(-n2c(SCC3CCCO3)nc3ccccc32)cc1. The van der Waals surface area contributed by atoms with Crippen molar-refractivity contribution in [3.05, 3.63) is 54.6 Å². The first-order valence-electron chi connectivity index (χ1n) is 7.69. The second-order valence-electron chi connectivity index (χ2n) is 5.50. The third-order valence-corrected chi connectivity index (χ3v) is 5.04. The van der Waals surface area contributed by atoms with Crippen LogP contribution in [-0.4, -0.2) is 28.0 Å². The van der Waals surface area contributed by atoms with Crippen LogP contribution in [0.3, 0.4) is 0 Å². The van der Waals surface area contributed by atoms with Crippen molar-refractivity contribution < 1.29 is 4.74 Å². The van der Waals surface area contributed by atoms with Gasteiger partial charge in [0, 0.05) is 18.0 Å². The molecule has 1 aromatic heterocycles. The maximum Gasteiger partial charge on any atom is 0.173 e. The molecule has 3 nitrogen and oxygen atoms in total. The van der Waals surface area contributed by atoms with Gasteiger partial charge in [-0.2, -0.15) is 0 Å². The predicted molar refractivity (Wildman–Crippen MR) is 90.8 cm³/mol. The number of benzene rings is 2. The fourth-order valence-corrected chi connectivity index (χ4v) is 3.96. The van der Waals surface area contributed by atoms with Gasteiger partial charge < -0.3 is 4.74 Å². The molecule has 0 amide bonds. The lowest BCUT2D eigenvalue weighted by atomic mass is 10.3. The largest absolute Gasteiger partial charge is 0.377 e. The smallest absolute Gasteiger partial charge is 0.173 e. The summed E-state index contributed by atoms with van der Waals surface area (Å²) in [6, 6.07) is 18.8. The molecule has 1 fully saturated rings. The zero-order valence-electron chi connectivity index (χ0n) is 12.3. The van der Waals surface area contributed by atoms with Gasteiger partial charge in [0.1, 0.15) is 0 Å². The maximum atomic E-state index is 5.74. The Hall–Kier alpha value is -1.78. The van der Waals surface area contributed by atoms with Crippen LogP contribution in [0.25, 0.3) is 16.7 Å². The summed E-state index contributed by atoms with van der Waals surface area (Å²) in [5.74, 6) is 0.968. The van der Waals surface area contributed by atoms with E-state index in [-0.39, 0.29) is 0 Å². The van der Waals surface area contributed by atoms with Gasteiger partial charge in [0.05, 0.1) is 17.1 Å². The highest BCUT2D eigenvalue weighted by Gasteiger charge is 2.18. The Morgan fingerprint density at radius 2 is 1.91 bits per heavy atom. The second-order valence-corrected chi connectivity index (χ2v) is 6.49. The number of ether oxygens (including phenoxy) is 1. The van der Waals surface area contributed by atoms with Crippen LogP contribution in [0.2, 0.25) is 0 Å². The van der Waals surface area contributed by atoms with Gasteiger partial charge in [0.25, 0.3) is 0 Å².